The van der Waals surface area contributed by atoms with Crippen LogP contribution in [0.25, 0.3) is 93.4 Å². The number of allylic oxidation sites excluding steroid dienone is 1. The van der Waals surface area contributed by atoms with Crippen molar-refractivity contribution in [2.24, 2.45) is 9.98 Å². The number of hydrogen-bond donors (Lipinski definition) is 0. The lowest BCUT2D eigenvalue weighted by molar-refractivity contribution is 0.667. The Kier molecular flexibility index (Phi) is 7.57. The molecule has 9 aromatic carbocycles. The summed E-state index contributed by atoms with van der Waals surface area (Å²) in [5.74, 6) is 0.659. The molecule has 1 aliphatic rings. The molecule has 59 heavy (non-hydrogen) atoms. The van der Waals surface area contributed by atoms with Crippen LogP contribution in [0.4, 0.5) is 0 Å². The van der Waals surface area contributed by atoms with Crippen molar-refractivity contribution in [3.05, 3.63) is 211 Å². The molecule has 0 N–H and O–H groups in total. The van der Waals surface area contributed by atoms with Gasteiger partial charge in [-0.2, -0.15) is 0 Å². The summed E-state index contributed by atoms with van der Waals surface area (Å²) in [5, 5.41) is 8.93. The minimum Gasteiger partial charge on any atom is -0.455 e. The van der Waals surface area contributed by atoms with Crippen molar-refractivity contribution in [1.29, 1.82) is 0 Å². The first-order chi connectivity index (χ1) is 29.2. The van der Waals surface area contributed by atoms with E-state index in [-0.39, 0.29) is 0 Å². The predicted octanol–water partition coefficient (Wildman–Crippen LogP) is 14.8. The fourth-order valence-electron chi connectivity index (χ4n) is 8.99. The van der Waals surface area contributed by atoms with Crippen LogP contribution < -0.4 is 0 Å². The lowest BCUT2D eigenvalue weighted by Gasteiger charge is -2.13. The van der Waals surface area contributed by atoms with E-state index in [9.17, 15) is 0 Å². The highest BCUT2D eigenvalue weighted by atomic mass is 16.3. The van der Waals surface area contributed by atoms with Gasteiger partial charge in [0.25, 0.3) is 0 Å². The molecular formula is C55H34N2O2. The highest BCUT2D eigenvalue weighted by molar-refractivity contribution is 6.23. The molecule has 0 aliphatic carbocycles. The highest BCUT2D eigenvalue weighted by Gasteiger charge is 2.22. The van der Waals surface area contributed by atoms with E-state index in [0.29, 0.717) is 12.3 Å². The van der Waals surface area contributed by atoms with Gasteiger partial charge in [0, 0.05) is 44.7 Å². The quantitative estimate of drug-likeness (QED) is 0.176. The first kappa shape index (κ1) is 33.3. The number of rotatable bonds is 5. The van der Waals surface area contributed by atoms with Crippen LogP contribution in [0, 0.1) is 0 Å². The van der Waals surface area contributed by atoms with Gasteiger partial charge in [-0.15, -0.1) is 0 Å². The molecule has 12 rings (SSSR count). The van der Waals surface area contributed by atoms with Gasteiger partial charge in [-0.1, -0.05) is 164 Å². The van der Waals surface area contributed by atoms with Gasteiger partial charge in [-0.25, -0.2) is 9.98 Å². The second kappa shape index (κ2) is 13.4. The Morgan fingerprint density at radius 1 is 0.373 bits per heavy atom. The van der Waals surface area contributed by atoms with E-state index in [1.54, 1.807) is 0 Å². The van der Waals surface area contributed by atoms with Crippen LogP contribution in [-0.2, 0) is 0 Å². The predicted molar refractivity (Wildman–Crippen MR) is 245 cm³/mol. The van der Waals surface area contributed by atoms with Gasteiger partial charge in [0.1, 0.15) is 22.3 Å². The summed E-state index contributed by atoms with van der Waals surface area (Å²) in [6, 6.07) is 65.9. The molecule has 0 radical (unpaired) electrons. The van der Waals surface area contributed by atoms with Crippen LogP contribution in [0.2, 0.25) is 0 Å². The standard InChI is InChI=1S/C55H34N2O2/c1-2-14-35(15-3-1)38-20-10-24-47-52-43(21-12-26-51(52)59-53(38)47)41-29-30-45(40-18-7-6-17-39(40)41)55-56-48(37-28-27-34-13-4-5-16-36(34)33-37)31-32-49(57-55)46-23-11-22-44-42-19-8-9-25-50(42)58-54(44)46/h1-30,32-33H,31H2. The first-order valence-corrected chi connectivity index (χ1v) is 20.0. The first-order valence-electron chi connectivity index (χ1n) is 20.0. The minimum atomic E-state index is 0.605. The maximum atomic E-state index is 6.68. The Bertz CT molecular complexity index is 3580. The zero-order valence-electron chi connectivity index (χ0n) is 31.9. The lowest BCUT2D eigenvalue weighted by Crippen LogP contribution is -2.06. The van der Waals surface area contributed by atoms with Crippen molar-refractivity contribution in [3.8, 4) is 22.3 Å². The topological polar surface area (TPSA) is 51.0 Å². The Morgan fingerprint density at radius 2 is 1.00 bits per heavy atom. The Hall–Kier alpha value is -7.82. The minimum absolute atomic E-state index is 0.605. The van der Waals surface area contributed by atoms with Gasteiger partial charge in [0.15, 0.2) is 5.84 Å². The molecule has 0 amide bonds. The fraction of sp³-hybridized carbons (Fsp3) is 0.0182. The molecule has 1 aliphatic heterocycles. The Morgan fingerprint density at radius 3 is 1.88 bits per heavy atom. The molecule has 4 heteroatoms. The van der Waals surface area contributed by atoms with Crippen molar-refractivity contribution in [2.75, 3.05) is 0 Å². The molecule has 3 heterocycles. The van der Waals surface area contributed by atoms with E-state index in [2.05, 4.69) is 176 Å². The van der Waals surface area contributed by atoms with Crippen molar-refractivity contribution in [2.45, 2.75) is 6.42 Å². The van der Waals surface area contributed by atoms with Gasteiger partial charge in [0.05, 0.1) is 11.4 Å². The van der Waals surface area contributed by atoms with Crippen LogP contribution in [0.15, 0.2) is 213 Å². The smallest absolute Gasteiger partial charge is 0.160 e. The molecular weight excluding hydrogens is 721 g/mol. The van der Waals surface area contributed by atoms with E-state index in [4.69, 9.17) is 18.8 Å². The number of para-hydroxylation sites is 3. The van der Waals surface area contributed by atoms with Gasteiger partial charge in [-0.3, -0.25) is 0 Å². The van der Waals surface area contributed by atoms with E-state index in [1.165, 1.54) is 10.8 Å². The summed E-state index contributed by atoms with van der Waals surface area (Å²) in [5.41, 5.74) is 12.7. The van der Waals surface area contributed by atoms with Crippen molar-refractivity contribution in [1.82, 2.24) is 0 Å². The molecule has 2 aromatic heterocycles. The molecule has 0 saturated heterocycles. The van der Waals surface area contributed by atoms with E-state index in [1.807, 2.05) is 18.2 Å². The fourth-order valence-corrected chi connectivity index (χ4v) is 8.99. The number of fused-ring (bicyclic) bond motifs is 8. The monoisotopic (exact) mass is 754 g/mol. The molecule has 0 saturated carbocycles. The van der Waals surface area contributed by atoms with Gasteiger partial charge in [0.2, 0.25) is 0 Å². The second-order valence-electron chi connectivity index (χ2n) is 15.2. The van der Waals surface area contributed by atoms with Crippen molar-refractivity contribution >= 4 is 82.7 Å². The Balaban J connectivity index is 1.06. The number of furan rings is 2. The Labute approximate surface area is 339 Å². The largest absolute Gasteiger partial charge is 0.455 e. The third-order valence-corrected chi connectivity index (χ3v) is 11.8. The van der Waals surface area contributed by atoms with Crippen LogP contribution in [0.3, 0.4) is 0 Å². The molecule has 0 atom stereocenters. The number of nitrogens with zero attached hydrogens (tertiary/aromatic N) is 2. The zero-order chi connectivity index (χ0) is 38.9. The van der Waals surface area contributed by atoms with Gasteiger partial charge < -0.3 is 8.83 Å². The highest BCUT2D eigenvalue weighted by Crippen LogP contribution is 2.43. The van der Waals surface area contributed by atoms with Crippen LogP contribution in [0.5, 0.6) is 0 Å². The summed E-state index contributed by atoms with van der Waals surface area (Å²) < 4.78 is 13.2. The molecule has 276 valence electrons. The molecule has 0 spiro atoms. The zero-order valence-corrected chi connectivity index (χ0v) is 31.9. The maximum absolute atomic E-state index is 6.68. The second-order valence-corrected chi connectivity index (χ2v) is 15.2. The molecule has 0 bridgehead atoms. The van der Waals surface area contributed by atoms with Gasteiger partial charge >= 0.3 is 0 Å². The number of aliphatic imine (C=N–C) groups is 2. The van der Waals surface area contributed by atoms with Crippen molar-refractivity contribution < 1.29 is 8.83 Å². The number of hydrogen-bond acceptors (Lipinski definition) is 4. The molecule has 0 unspecified atom stereocenters. The van der Waals surface area contributed by atoms with E-state index >= 15 is 0 Å². The van der Waals surface area contributed by atoms with Crippen LogP contribution >= 0.6 is 0 Å². The molecule has 0 fully saturated rings. The summed E-state index contributed by atoms with van der Waals surface area (Å²) >= 11 is 0. The SMILES string of the molecule is C1=C(c2cccc3c2oc2ccccc23)N=C(c2ccc(-c3cccc4oc5c(-c6ccccc6)cccc5c34)c3ccccc23)N=C(c2ccc3ccccc3c2)C1. The average molecular weight is 755 g/mol. The third kappa shape index (κ3) is 5.45. The number of benzene rings is 9. The van der Waals surface area contributed by atoms with Crippen molar-refractivity contribution in [3.63, 3.8) is 0 Å². The van der Waals surface area contributed by atoms with E-state index in [0.717, 1.165) is 105 Å². The normalized spacial score (nSPS) is 13.3. The lowest BCUT2D eigenvalue weighted by atomic mass is 9.91. The summed E-state index contributed by atoms with van der Waals surface area (Å²) in [4.78, 5) is 10.9. The molecule has 4 nitrogen and oxygen atoms in total. The van der Waals surface area contributed by atoms with Crippen LogP contribution in [0.1, 0.15) is 23.1 Å². The third-order valence-electron chi connectivity index (χ3n) is 11.8. The van der Waals surface area contributed by atoms with Gasteiger partial charge in [-0.05, 0) is 74.1 Å². The van der Waals surface area contributed by atoms with E-state index < -0.39 is 0 Å². The summed E-state index contributed by atoms with van der Waals surface area (Å²) in [7, 11) is 0. The number of amidine groups is 1. The summed E-state index contributed by atoms with van der Waals surface area (Å²) in [6.45, 7) is 0. The molecule has 11 aromatic rings. The maximum Gasteiger partial charge on any atom is 0.160 e. The van der Waals surface area contributed by atoms with Crippen LogP contribution in [-0.4, -0.2) is 11.5 Å². The summed E-state index contributed by atoms with van der Waals surface area (Å²) in [6.07, 6.45) is 2.81. The average Bonchev–Trinajstić information content (AvgIpc) is 3.80.